The number of nitrogens with zero attached hydrogens (tertiary/aromatic N) is 2. The molecule has 3 aromatic rings. The lowest BCUT2D eigenvalue weighted by atomic mass is 10.2. The molecule has 0 bridgehead atoms. The van der Waals surface area contributed by atoms with Crippen LogP contribution in [0.1, 0.15) is 26.3 Å². The third kappa shape index (κ3) is 5.16. The van der Waals surface area contributed by atoms with E-state index in [1.807, 2.05) is 19.1 Å². The summed E-state index contributed by atoms with van der Waals surface area (Å²) >= 11 is 0. The van der Waals surface area contributed by atoms with Gasteiger partial charge in [-0.1, -0.05) is 17.7 Å². The van der Waals surface area contributed by atoms with E-state index < -0.39 is 11.9 Å². The predicted molar refractivity (Wildman–Crippen MR) is 105 cm³/mol. The molecule has 3 aromatic carbocycles. The Hall–Kier alpha value is -4.20. The zero-order chi connectivity index (χ0) is 20.8. The number of rotatable bonds is 5. The van der Waals surface area contributed by atoms with Crippen molar-refractivity contribution in [3.05, 3.63) is 83.4 Å². The number of hydrogen-bond donors (Lipinski definition) is 3. The maximum atomic E-state index is 12.0. The minimum Gasteiger partial charge on any atom is -0.508 e. The molecule has 3 rings (SSSR count). The lowest BCUT2D eigenvalue weighted by Gasteiger charge is -2.07. The van der Waals surface area contributed by atoms with Gasteiger partial charge in [0.05, 0.1) is 22.5 Å². The third-order valence-corrected chi connectivity index (χ3v) is 3.88. The molecule has 0 heterocycles. The van der Waals surface area contributed by atoms with Crippen LogP contribution in [0.3, 0.4) is 0 Å². The van der Waals surface area contributed by atoms with Gasteiger partial charge in [0.25, 0.3) is 5.91 Å². The molecule has 0 fully saturated rings. The van der Waals surface area contributed by atoms with Crippen LogP contribution in [-0.2, 0) is 4.84 Å². The van der Waals surface area contributed by atoms with Crippen LogP contribution in [0.4, 0.5) is 11.4 Å². The van der Waals surface area contributed by atoms with Crippen LogP contribution in [0.25, 0.3) is 0 Å². The smallest absolute Gasteiger partial charge is 0.362 e. The molecule has 29 heavy (non-hydrogen) atoms. The van der Waals surface area contributed by atoms with Crippen LogP contribution >= 0.6 is 0 Å². The first kappa shape index (κ1) is 19.6. The van der Waals surface area contributed by atoms with Gasteiger partial charge >= 0.3 is 5.97 Å². The molecule has 0 radical (unpaired) electrons. The Morgan fingerprint density at radius 2 is 1.62 bits per heavy atom. The summed E-state index contributed by atoms with van der Waals surface area (Å²) in [5, 5.41) is 26.3. The fraction of sp³-hybridized carbons (Fsp3) is 0.0476. The minimum atomic E-state index is -0.753. The number of phenolic OH excluding ortho intramolecular Hbond substituents is 2. The van der Waals surface area contributed by atoms with Crippen molar-refractivity contribution in [2.75, 3.05) is 5.48 Å². The number of amides is 1. The fourth-order valence-electron chi connectivity index (χ4n) is 2.31. The third-order valence-electron chi connectivity index (χ3n) is 3.88. The second kappa shape index (κ2) is 8.66. The summed E-state index contributed by atoms with van der Waals surface area (Å²) in [7, 11) is 0. The van der Waals surface area contributed by atoms with Gasteiger partial charge in [-0.3, -0.25) is 4.79 Å². The molecule has 0 aliphatic heterocycles. The van der Waals surface area contributed by atoms with E-state index >= 15 is 0 Å². The molecular weight excluding hydrogens is 374 g/mol. The number of hydrogen-bond acceptors (Lipinski definition) is 7. The lowest BCUT2D eigenvalue weighted by Crippen LogP contribution is -2.10. The molecule has 0 aliphatic carbocycles. The van der Waals surface area contributed by atoms with Gasteiger partial charge in [0.15, 0.2) is 0 Å². The molecule has 146 valence electrons. The number of nitrogens with one attached hydrogen (secondary N) is 1. The van der Waals surface area contributed by atoms with Crippen molar-refractivity contribution >= 4 is 23.3 Å². The summed E-state index contributed by atoms with van der Waals surface area (Å²) in [5.41, 5.74) is 4.82. The highest BCUT2D eigenvalue weighted by atomic mass is 16.7. The van der Waals surface area contributed by atoms with E-state index in [4.69, 9.17) is 4.84 Å². The fourth-order valence-corrected chi connectivity index (χ4v) is 2.31. The van der Waals surface area contributed by atoms with Crippen LogP contribution in [0.15, 0.2) is 77.0 Å². The Labute approximate surface area is 166 Å². The van der Waals surface area contributed by atoms with Crippen LogP contribution in [-0.4, -0.2) is 22.1 Å². The summed E-state index contributed by atoms with van der Waals surface area (Å²) < 4.78 is 0. The van der Waals surface area contributed by atoms with E-state index in [2.05, 4.69) is 15.7 Å². The second-order valence-corrected chi connectivity index (χ2v) is 6.11. The Balaban J connectivity index is 1.58. The number of phenols is 2. The molecule has 0 spiro atoms. The lowest BCUT2D eigenvalue weighted by molar-refractivity contribution is 0.0596. The average molecular weight is 391 g/mol. The van der Waals surface area contributed by atoms with Crippen LogP contribution in [0.5, 0.6) is 11.5 Å². The van der Waals surface area contributed by atoms with Crippen molar-refractivity contribution in [1.29, 1.82) is 0 Å². The van der Waals surface area contributed by atoms with Gasteiger partial charge in [-0.05, 0) is 55.5 Å². The molecule has 1 amide bonds. The molecule has 0 saturated carbocycles. The molecule has 0 saturated heterocycles. The van der Waals surface area contributed by atoms with Gasteiger partial charge in [0, 0.05) is 6.07 Å². The van der Waals surface area contributed by atoms with Gasteiger partial charge in [0.1, 0.15) is 11.5 Å². The van der Waals surface area contributed by atoms with Crippen molar-refractivity contribution in [2.24, 2.45) is 10.2 Å². The number of anilines is 1. The Morgan fingerprint density at radius 3 is 2.28 bits per heavy atom. The van der Waals surface area contributed by atoms with Crippen LogP contribution in [0, 0.1) is 6.92 Å². The average Bonchev–Trinajstić information content (AvgIpc) is 2.71. The van der Waals surface area contributed by atoms with Gasteiger partial charge in [-0.15, -0.1) is 10.2 Å². The highest BCUT2D eigenvalue weighted by Crippen LogP contribution is 2.24. The molecule has 8 heteroatoms. The van der Waals surface area contributed by atoms with E-state index in [0.717, 1.165) is 11.6 Å². The molecule has 0 aromatic heterocycles. The Bertz CT molecular complexity index is 1060. The molecular formula is C21H17N3O5. The SMILES string of the molecule is Cc1ccc(C(=O)ONc2ccc(N=NC(=O)c3ccc(O)cc3O)cc2)cc1. The first-order valence-electron chi connectivity index (χ1n) is 8.54. The molecule has 0 aliphatic rings. The van der Waals surface area contributed by atoms with Crippen molar-refractivity contribution in [3.63, 3.8) is 0 Å². The summed E-state index contributed by atoms with van der Waals surface area (Å²) in [6.07, 6.45) is 0. The Kier molecular flexibility index (Phi) is 5.84. The summed E-state index contributed by atoms with van der Waals surface area (Å²) in [6, 6.07) is 16.9. The van der Waals surface area contributed by atoms with Crippen molar-refractivity contribution in [2.45, 2.75) is 6.92 Å². The van der Waals surface area contributed by atoms with Gasteiger partial charge < -0.3 is 15.1 Å². The molecule has 3 N–H and O–H groups in total. The topological polar surface area (TPSA) is 121 Å². The zero-order valence-electron chi connectivity index (χ0n) is 15.4. The highest BCUT2D eigenvalue weighted by Gasteiger charge is 2.11. The first-order chi connectivity index (χ1) is 13.9. The van der Waals surface area contributed by atoms with E-state index in [1.54, 1.807) is 36.4 Å². The number of azo groups is 1. The monoisotopic (exact) mass is 391 g/mol. The Morgan fingerprint density at radius 1 is 0.931 bits per heavy atom. The van der Waals surface area contributed by atoms with Crippen LogP contribution in [0.2, 0.25) is 0 Å². The number of carbonyl (C=O) groups excluding carboxylic acids is 2. The number of carbonyl (C=O) groups is 2. The quantitative estimate of drug-likeness (QED) is 0.434. The number of benzene rings is 3. The van der Waals surface area contributed by atoms with Crippen LogP contribution < -0.4 is 5.48 Å². The summed E-state index contributed by atoms with van der Waals surface area (Å²) in [6.45, 7) is 1.92. The molecule has 0 atom stereocenters. The van der Waals surface area contributed by atoms with Gasteiger partial charge in [-0.25, -0.2) is 10.3 Å². The van der Waals surface area contributed by atoms with E-state index in [0.29, 0.717) is 16.9 Å². The maximum Gasteiger partial charge on any atom is 0.362 e. The number of aryl methyl sites for hydroxylation is 1. The molecule has 8 nitrogen and oxygen atoms in total. The van der Waals surface area contributed by atoms with Crippen molar-refractivity contribution in [3.8, 4) is 11.5 Å². The van der Waals surface area contributed by atoms with E-state index in [1.165, 1.54) is 12.1 Å². The van der Waals surface area contributed by atoms with Gasteiger partial charge in [-0.2, -0.15) is 0 Å². The van der Waals surface area contributed by atoms with E-state index in [-0.39, 0.29) is 17.1 Å². The summed E-state index contributed by atoms with van der Waals surface area (Å²) in [4.78, 5) is 29.0. The first-order valence-corrected chi connectivity index (χ1v) is 8.54. The summed E-state index contributed by atoms with van der Waals surface area (Å²) in [5.74, 6) is -1.82. The largest absolute Gasteiger partial charge is 0.508 e. The highest BCUT2D eigenvalue weighted by molar-refractivity contribution is 5.97. The van der Waals surface area contributed by atoms with E-state index in [9.17, 15) is 19.8 Å². The normalized spacial score (nSPS) is 10.7. The number of aromatic hydroxyl groups is 2. The van der Waals surface area contributed by atoms with Crippen molar-refractivity contribution < 1.29 is 24.6 Å². The van der Waals surface area contributed by atoms with Crippen molar-refractivity contribution in [1.82, 2.24) is 0 Å². The zero-order valence-corrected chi connectivity index (χ0v) is 15.4. The van der Waals surface area contributed by atoms with Gasteiger partial charge in [0.2, 0.25) is 0 Å². The maximum absolute atomic E-state index is 12.0. The standard InChI is InChI=1S/C21H17N3O5/c1-13-2-4-14(5-3-13)21(28)29-24-16-8-6-15(7-9-16)22-23-20(27)18-11-10-17(25)12-19(18)26/h2-12,24-26H,1H3. The molecule has 0 unspecified atom stereocenters. The minimum absolute atomic E-state index is 0.0761. The second-order valence-electron chi connectivity index (χ2n) is 6.11. The predicted octanol–water partition coefficient (Wildman–Crippen LogP) is 4.51.